The first-order valence-electron chi connectivity index (χ1n) is 10.5. The summed E-state index contributed by atoms with van der Waals surface area (Å²) < 4.78 is 0. The summed E-state index contributed by atoms with van der Waals surface area (Å²) in [5.74, 6) is 3.00. The molecular weight excluding hydrogens is 324 g/mol. The molecule has 5 aliphatic carbocycles. The summed E-state index contributed by atoms with van der Waals surface area (Å²) in [6.45, 7) is 2.24. The van der Waals surface area contributed by atoms with Gasteiger partial charge < -0.3 is 10.2 Å². The van der Waals surface area contributed by atoms with Crippen molar-refractivity contribution < 1.29 is 15.0 Å². The minimum absolute atomic E-state index is 0.000385. The van der Waals surface area contributed by atoms with E-state index in [1.165, 1.54) is 5.57 Å². The van der Waals surface area contributed by atoms with Crippen molar-refractivity contribution in [3.05, 3.63) is 35.5 Å². The van der Waals surface area contributed by atoms with E-state index in [0.717, 1.165) is 32.1 Å². The molecule has 0 aliphatic heterocycles. The second-order valence-corrected chi connectivity index (χ2v) is 9.30. The van der Waals surface area contributed by atoms with Gasteiger partial charge in [-0.1, -0.05) is 36.8 Å². The Hall–Kier alpha value is -1.19. The molecule has 3 fully saturated rings. The van der Waals surface area contributed by atoms with Gasteiger partial charge in [-0.2, -0.15) is 0 Å². The van der Waals surface area contributed by atoms with Gasteiger partial charge in [0.05, 0.1) is 12.2 Å². The summed E-state index contributed by atoms with van der Waals surface area (Å²) in [5.41, 5.74) is 2.04. The lowest BCUT2D eigenvalue weighted by molar-refractivity contribution is -0.119. The van der Waals surface area contributed by atoms with Gasteiger partial charge in [-0.25, -0.2) is 0 Å². The fraction of sp³-hybridized carbons (Fsp3) is 0.696. The summed E-state index contributed by atoms with van der Waals surface area (Å²) in [6, 6.07) is 0. The molecule has 26 heavy (non-hydrogen) atoms. The van der Waals surface area contributed by atoms with Crippen molar-refractivity contribution in [1.82, 2.24) is 0 Å². The van der Waals surface area contributed by atoms with Crippen LogP contribution in [0.1, 0.15) is 51.9 Å². The van der Waals surface area contributed by atoms with Crippen molar-refractivity contribution in [2.45, 2.75) is 57.5 Å². The van der Waals surface area contributed by atoms with Gasteiger partial charge in [0.2, 0.25) is 0 Å². The maximum atomic E-state index is 11.9. The van der Waals surface area contributed by atoms with Gasteiger partial charge in [-0.15, -0.1) is 0 Å². The van der Waals surface area contributed by atoms with Crippen LogP contribution in [0.4, 0.5) is 0 Å². The molecule has 5 rings (SSSR count). The average molecular weight is 354 g/mol. The molecule has 0 radical (unpaired) electrons. The summed E-state index contributed by atoms with van der Waals surface area (Å²) >= 11 is 0. The summed E-state index contributed by atoms with van der Waals surface area (Å²) in [5, 5.41) is 21.0. The van der Waals surface area contributed by atoms with Crippen molar-refractivity contribution >= 4 is 5.78 Å². The number of ketones is 1. The molecule has 0 aromatic rings. The molecule has 0 aromatic carbocycles. The van der Waals surface area contributed by atoms with E-state index < -0.39 is 5.60 Å². The number of hydrogen-bond donors (Lipinski definition) is 2. The maximum absolute atomic E-state index is 11.9. The van der Waals surface area contributed by atoms with E-state index in [2.05, 4.69) is 19.1 Å². The topological polar surface area (TPSA) is 57.5 Å². The zero-order chi connectivity index (χ0) is 18.1. The molecule has 3 saturated carbocycles. The fourth-order valence-electron chi connectivity index (χ4n) is 7.58. The molecule has 0 saturated heterocycles. The monoisotopic (exact) mass is 354 g/mol. The van der Waals surface area contributed by atoms with Crippen LogP contribution in [0.5, 0.6) is 0 Å². The molecule has 3 heteroatoms. The van der Waals surface area contributed by atoms with Crippen molar-refractivity contribution in [3.8, 4) is 0 Å². The summed E-state index contributed by atoms with van der Waals surface area (Å²) in [4.78, 5) is 11.9. The highest BCUT2D eigenvalue weighted by atomic mass is 16.3. The Labute approximate surface area is 155 Å². The fourth-order valence-corrected chi connectivity index (χ4v) is 7.58. The van der Waals surface area contributed by atoms with Gasteiger partial charge in [-0.05, 0) is 67.3 Å². The normalized spacial score (nSPS) is 49.0. The lowest BCUT2D eigenvalue weighted by Crippen LogP contribution is -2.54. The predicted molar refractivity (Wildman–Crippen MR) is 100 cm³/mol. The number of allylic oxidation sites excluding steroid dienone is 4. The van der Waals surface area contributed by atoms with Crippen LogP contribution in [0, 0.1) is 35.0 Å². The Morgan fingerprint density at radius 1 is 1.35 bits per heavy atom. The van der Waals surface area contributed by atoms with E-state index in [-0.39, 0.29) is 12.0 Å². The largest absolute Gasteiger partial charge is 0.392 e. The van der Waals surface area contributed by atoms with Crippen LogP contribution in [0.2, 0.25) is 0 Å². The molecule has 0 aromatic heterocycles. The number of aliphatic hydroxyl groups excluding tert-OH is 1. The first kappa shape index (κ1) is 16.9. The van der Waals surface area contributed by atoms with Crippen LogP contribution < -0.4 is 0 Å². The summed E-state index contributed by atoms with van der Waals surface area (Å²) in [6.07, 6.45) is 15.0. The van der Waals surface area contributed by atoms with Crippen LogP contribution in [0.25, 0.3) is 0 Å². The second kappa shape index (κ2) is 5.65. The Kier molecular flexibility index (Phi) is 3.68. The number of hydrogen-bond acceptors (Lipinski definition) is 3. The van der Waals surface area contributed by atoms with Crippen molar-refractivity contribution in [3.63, 3.8) is 0 Å². The second-order valence-electron chi connectivity index (χ2n) is 9.30. The number of fused-ring (bicyclic) bond motifs is 6. The van der Waals surface area contributed by atoms with Gasteiger partial charge in [-0.3, -0.25) is 4.79 Å². The number of rotatable bonds is 3. The minimum atomic E-state index is -0.754. The molecule has 0 bridgehead atoms. The van der Waals surface area contributed by atoms with E-state index >= 15 is 0 Å². The third kappa shape index (κ3) is 1.99. The molecule has 0 heterocycles. The molecular formula is C23H30O3. The van der Waals surface area contributed by atoms with E-state index in [4.69, 9.17) is 0 Å². The van der Waals surface area contributed by atoms with E-state index in [1.54, 1.807) is 11.6 Å². The van der Waals surface area contributed by atoms with Gasteiger partial charge in [0.25, 0.3) is 0 Å². The Balaban J connectivity index is 1.53. The standard InChI is InChI=1S/C23H30O3/c1-2-22-10-8-17-16-7-5-15(25)12-14(16)4-6-18(17)21(22)19-13-20(19)23(22,26)9-3-11-24/h3-4,6,9,17-21,24,26H,2,5,7-8,10-13H2,1H3/t17?,18?,19-,20+,21?,22+,23+/m1/s1. The molecule has 140 valence electrons. The lowest BCUT2D eigenvalue weighted by atomic mass is 9.50. The van der Waals surface area contributed by atoms with E-state index in [9.17, 15) is 15.0 Å². The predicted octanol–water partition coefficient (Wildman–Crippen LogP) is 3.57. The molecule has 0 amide bonds. The Morgan fingerprint density at radius 3 is 2.96 bits per heavy atom. The van der Waals surface area contributed by atoms with Crippen LogP contribution in [-0.2, 0) is 4.79 Å². The average Bonchev–Trinajstić information content (AvgIpc) is 3.41. The van der Waals surface area contributed by atoms with E-state index in [1.807, 2.05) is 6.08 Å². The number of aliphatic hydroxyl groups is 2. The zero-order valence-corrected chi connectivity index (χ0v) is 15.7. The number of Topliss-reactive ketones (excluding diaryl/α,β-unsaturated/α-hetero) is 1. The zero-order valence-electron chi connectivity index (χ0n) is 15.7. The smallest absolute Gasteiger partial charge is 0.137 e. The minimum Gasteiger partial charge on any atom is -0.392 e. The Bertz CT molecular complexity index is 732. The molecule has 7 atom stereocenters. The molecule has 0 spiro atoms. The first-order valence-corrected chi connectivity index (χ1v) is 10.5. The van der Waals surface area contributed by atoms with Gasteiger partial charge in [0.1, 0.15) is 5.78 Å². The molecule has 3 unspecified atom stereocenters. The van der Waals surface area contributed by atoms with Crippen molar-refractivity contribution in [2.75, 3.05) is 6.61 Å². The first-order chi connectivity index (χ1) is 12.6. The lowest BCUT2D eigenvalue weighted by Gasteiger charge is -2.55. The van der Waals surface area contributed by atoms with Crippen molar-refractivity contribution in [2.24, 2.45) is 35.0 Å². The highest BCUT2D eigenvalue weighted by Gasteiger charge is 2.75. The van der Waals surface area contributed by atoms with Crippen LogP contribution >= 0.6 is 0 Å². The van der Waals surface area contributed by atoms with Gasteiger partial charge in [0, 0.05) is 18.3 Å². The number of carbonyl (C=O) groups is 1. The highest BCUT2D eigenvalue weighted by Crippen LogP contribution is 2.76. The SMILES string of the molecule is CC[C@]12CCC3C4=C(C=CC3C1[C@@H]1C[C@@H]1[C@@]2(O)C=CCO)CC(=O)CC4. The van der Waals surface area contributed by atoms with Crippen LogP contribution in [0.3, 0.4) is 0 Å². The van der Waals surface area contributed by atoms with Gasteiger partial charge >= 0.3 is 0 Å². The molecule has 5 aliphatic rings. The van der Waals surface area contributed by atoms with Gasteiger partial charge in [0.15, 0.2) is 0 Å². The summed E-state index contributed by atoms with van der Waals surface area (Å²) in [7, 11) is 0. The highest BCUT2D eigenvalue weighted by molar-refractivity contribution is 5.83. The molecule has 2 N–H and O–H groups in total. The van der Waals surface area contributed by atoms with Crippen LogP contribution in [-0.4, -0.2) is 28.2 Å². The third-order valence-electron chi connectivity index (χ3n) is 8.63. The maximum Gasteiger partial charge on any atom is 0.137 e. The number of carbonyl (C=O) groups excluding carboxylic acids is 1. The third-order valence-corrected chi connectivity index (χ3v) is 8.63. The van der Waals surface area contributed by atoms with Crippen molar-refractivity contribution in [1.29, 1.82) is 0 Å². The molecule has 3 nitrogen and oxygen atoms in total. The quantitative estimate of drug-likeness (QED) is 0.762. The Morgan fingerprint density at radius 2 is 2.19 bits per heavy atom. The van der Waals surface area contributed by atoms with E-state index in [0.29, 0.717) is 48.2 Å². The van der Waals surface area contributed by atoms with Crippen LogP contribution in [0.15, 0.2) is 35.5 Å².